The Bertz CT molecular complexity index is 561. The molecule has 1 nitrogen and oxygen atoms in total. The van der Waals surface area contributed by atoms with E-state index in [1.54, 1.807) is 0 Å². The lowest BCUT2D eigenvalue weighted by Gasteiger charge is -2.31. The normalized spacial score (nSPS) is 13.3. The van der Waals surface area contributed by atoms with Crippen molar-refractivity contribution in [3.8, 4) is 0 Å². The molecule has 0 bridgehead atoms. The van der Waals surface area contributed by atoms with Gasteiger partial charge in [-0.1, -0.05) is 67.9 Å². The second-order valence-electron chi connectivity index (χ2n) is 5.50. The molecule has 0 heterocycles. The lowest BCUT2D eigenvalue weighted by atomic mass is 9.76. The van der Waals surface area contributed by atoms with Gasteiger partial charge in [0.15, 0.2) is 0 Å². The fourth-order valence-electron chi connectivity index (χ4n) is 2.22. The van der Waals surface area contributed by atoms with Crippen LogP contribution >= 0.6 is 11.6 Å². The van der Waals surface area contributed by atoms with Crippen LogP contribution in [0.3, 0.4) is 0 Å². The van der Waals surface area contributed by atoms with Crippen LogP contribution < -0.4 is 0 Å². The molecule has 2 aromatic carbocycles. The summed E-state index contributed by atoms with van der Waals surface area (Å²) in [6, 6.07) is 15.8. The number of hydrogen-bond acceptors (Lipinski definition) is 1. The summed E-state index contributed by atoms with van der Waals surface area (Å²) in [4.78, 5) is 0. The summed E-state index contributed by atoms with van der Waals surface area (Å²) in [6.07, 6.45) is -0.590. The van der Waals surface area contributed by atoms with E-state index in [4.69, 9.17) is 11.6 Å². The summed E-state index contributed by atoms with van der Waals surface area (Å²) in [5.41, 5.74) is 2.62. The summed E-state index contributed by atoms with van der Waals surface area (Å²) >= 11 is 6.14. The van der Waals surface area contributed by atoms with Crippen molar-refractivity contribution in [1.82, 2.24) is 0 Å². The standard InChI is InChI=1S/C17H19ClO/c1-12-9-10-13(11-15(12)18)16(19)17(2,3)14-7-5-4-6-8-14/h4-11,16,19H,1-3H3. The molecule has 1 atom stereocenters. The van der Waals surface area contributed by atoms with Crippen molar-refractivity contribution < 1.29 is 5.11 Å². The van der Waals surface area contributed by atoms with Gasteiger partial charge in [-0.25, -0.2) is 0 Å². The topological polar surface area (TPSA) is 20.2 Å². The van der Waals surface area contributed by atoms with E-state index in [0.717, 1.165) is 16.7 Å². The lowest BCUT2D eigenvalue weighted by Crippen LogP contribution is -2.26. The maximum atomic E-state index is 10.7. The molecule has 0 spiro atoms. The van der Waals surface area contributed by atoms with Gasteiger partial charge < -0.3 is 5.11 Å². The van der Waals surface area contributed by atoms with Crippen LogP contribution in [0.1, 0.15) is 36.6 Å². The Labute approximate surface area is 119 Å². The van der Waals surface area contributed by atoms with Crippen LogP contribution in [0.15, 0.2) is 48.5 Å². The number of benzene rings is 2. The van der Waals surface area contributed by atoms with Gasteiger partial charge in [0.25, 0.3) is 0 Å². The molecule has 0 radical (unpaired) electrons. The maximum Gasteiger partial charge on any atom is 0.0881 e. The Morgan fingerprint density at radius 2 is 1.68 bits per heavy atom. The zero-order valence-electron chi connectivity index (χ0n) is 11.5. The number of aliphatic hydroxyl groups excluding tert-OH is 1. The Morgan fingerprint density at radius 1 is 1.05 bits per heavy atom. The van der Waals surface area contributed by atoms with Gasteiger partial charge in [-0.3, -0.25) is 0 Å². The van der Waals surface area contributed by atoms with Crippen LogP contribution in [0.2, 0.25) is 5.02 Å². The molecule has 19 heavy (non-hydrogen) atoms. The fourth-order valence-corrected chi connectivity index (χ4v) is 2.41. The van der Waals surface area contributed by atoms with Crippen LogP contribution in [-0.2, 0) is 5.41 Å². The molecule has 0 aromatic heterocycles. The molecule has 2 rings (SSSR count). The van der Waals surface area contributed by atoms with Crippen LogP contribution in [0.5, 0.6) is 0 Å². The quantitative estimate of drug-likeness (QED) is 0.863. The summed E-state index contributed by atoms with van der Waals surface area (Å²) < 4.78 is 0. The highest BCUT2D eigenvalue weighted by Crippen LogP contribution is 2.37. The van der Waals surface area contributed by atoms with Gasteiger partial charge in [0.05, 0.1) is 6.10 Å². The molecule has 1 unspecified atom stereocenters. The lowest BCUT2D eigenvalue weighted by molar-refractivity contribution is 0.100. The van der Waals surface area contributed by atoms with Crippen molar-refractivity contribution in [2.75, 3.05) is 0 Å². The molecule has 2 aromatic rings. The molecular weight excluding hydrogens is 256 g/mol. The molecule has 0 amide bonds. The van der Waals surface area contributed by atoms with E-state index >= 15 is 0 Å². The minimum absolute atomic E-state index is 0.361. The monoisotopic (exact) mass is 274 g/mol. The first-order valence-electron chi connectivity index (χ1n) is 6.42. The molecule has 0 aliphatic rings. The van der Waals surface area contributed by atoms with Crippen molar-refractivity contribution in [3.05, 3.63) is 70.2 Å². The predicted octanol–water partition coefficient (Wildman–Crippen LogP) is 4.66. The van der Waals surface area contributed by atoms with E-state index < -0.39 is 6.10 Å². The maximum absolute atomic E-state index is 10.7. The Balaban J connectivity index is 2.37. The van der Waals surface area contributed by atoms with Gasteiger partial charge in [0.2, 0.25) is 0 Å². The predicted molar refractivity (Wildman–Crippen MR) is 80.6 cm³/mol. The fraction of sp³-hybridized carbons (Fsp3) is 0.294. The smallest absolute Gasteiger partial charge is 0.0881 e. The highest BCUT2D eigenvalue weighted by atomic mass is 35.5. The zero-order valence-corrected chi connectivity index (χ0v) is 12.3. The second-order valence-corrected chi connectivity index (χ2v) is 5.91. The third-order valence-corrected chi connectivity index (χ3v) is 4.12. The second kappa shape index (κ2) is 5.36. The van der Waals surface area contributed by atoms with E-state index in [0.29, 0.717) is 5.02 Å². The molecule has 0 aliphatic heterocycles. The third-order valence-electron chi connectivity index (χ3n) is 3.71. The van der Waals surface area contributed by atoms with Gasteiger partial charge in [-0.15, -0.1) is 0 Å². The van der Waals surface area contributed by atoms with Gasteiger partial charge >= 0.3 is 0 Å². The van der Waals surface area contributed by atoms with E-state index in [-0.39, 0.29) is 5.41 Å². The molecule has 1 N–H and O–H groups in total. The van der Waals surface area contributed by atoms with Gasteiger partial charge in [0.1, 0.15) is 0 Å². The minimum atomic E-state index is -0.590. The minimum Gasteiger partial charge on any atom is -0.388 e. The number of hydrogen-bond donors (Lipinski definition) is 1. The van der Waals surface area contributed by atoms with Crippen molar-refractivity contribution in [3.63, 3.8) is 0 Å². The first-order chi connectivity index (χ1) is 8.93. The average molecular weight is 275 g/mol. The molecule has 2 heteroatoms. The summed E-state index contributed by atoms with van der Waals surface area (Å²) in [5, 5.41) is 11.4. The number of halogens is 1. The Kier molecular flexibility index (Phi) is 3.98. The Hall–Kier alpha value is -1.31. The first-order valence-corrected chi connectivity index (χ1v) is 6.80. The summed E-state index contributed by atoms with van der Waals surface area (Å²) in [5.74, 6) is 0. The number of aliphatic hydroxyl groups is 1. The summed E-state index contributed by atoms with van der Waals surface area (Å²) in [6.45, 7) is 6.04. The van der Waals surface area contributed by atoms with Crippen LogP contribution in [0.25, 0.3) is 0 Å². The van der Waals surface area contributed by atoms with Crippen molar-refractivity contribution >= 4 is 11.6 Å². The van der Waals surface area contributed by atoms with Gasteiger partial charge in [0, 0.05) is 10.4 Å². The van der Waals surface area contributed by atoms with Crippen molar-refractivity contribution in [2.24, 2.45) is 0 Å². The molecule has 0 saturated carbocycles. The Morgan fingerprint density at radius 3 is 2.26 bits per heavy atom. The molecule has 0 aliphatic carbocycles. The number of rotatable bonds is 3. The van der Waals surface area contributed by atoms with E-state index in [2.05, 4.69) is 0 Å². The largest absolute Gasteiger partial charge is 0.388 e. The first kappa shape index (κ1) is 14.1. The van der Waals surface area contributed by atoms with E-state index in [1.165, 1.54) is 0 Å². The van der Waals surface area contributed by atoms with Crippen LogP contribution in [-0.4, -0.2) is 5.11 Å². The SMILES string of the molecule is Cc1ccc(C(O)C(C)(C)c2ccccc2)cc1Cl. The van der Waals surface area contributed by atoms with E-state index in [9.17, 15) is 5.11 Å². The molecule has 0 saturated heterocycles. The highest BCUT2D eigenvalue weighted by molar-refractivity contribution is 6.31. The molecule has 0 fully saturated rings. The zero-order chi connectivity index (χ0) is 14.0. The highest BCUT2D eigenvalue weighted by Gasteiger charge is 2.31. The van der Waals surface area contributed by atoms with Crippen LogP contribution in [0, 0.1) is 6.92 Å². The average Bonchev–Trinajstić information content (AvgIpc) is 2.42. The molecule has 100 valence electrons. The number of aryl methyl sites for hydroxylation is 1. The van der Waals surface area contributed by atoms with Crippen molar-refractivity contribution in [1.29, 1.82) is 0 Å². The van der Waals surface area contributed by atoms with Crippen LogP contribution in [0.4, 0.5) is 0 Å². The van der Waals surface area contributed by atoms with Gasteiger partial charge in [-0.05, 0) is 29.7 Å². The van der Waals surface area contributed by atoms with Crippen molar-refractivity contribution in [2.45, 2.75) is 32.3 Å². The third kappa shape index (κ3) is 2.83. The molecular formula is C17H19ClO. The summed E-state index contributed by atoms with van der Waals surface area (Å²) in [7, 11) is 0. The van der Waals surface area contributed by atoms with E-state index in [1.807, 2.05) is 69.3 Å². The van der Waals surface area contributed by atoms with Gasteiger partial charge in [-0.2, -0.15) is 0 Å².